The zero-order valence-electron chi connectivity index (χ0n) is 12.4. The number of fused-ring (bicyclic) bond motifs is 1. The standard InChI is InChI=1S/C17H24N2O/c1-3-6-16(13-18-10-4-2)20-15-9-8-14-7-5-11-19-17(14)12-15/h5,7-9,11-12,16,18H,3-4,6,10,13H2,1-2H3. The molecule has 20 heavy (non-hydrogen) atoms. The zero-order valence-corrected chi connectivity index (χ0v) is 12.4. The van der Waals surface area contributed by atoms with E-state index in [9.17, 15) is 0 Å². The fraction of sp³-hybridized carbons (Fsp3) is 0.471. The quantitative estimate of drug-likeness (QED) is 0.743. The molecule has 108 valence electrons. The molecule has 0 radical (unpaired) electrons. The van der Waals surface area contributed by atoms with Crippen molar-refractivity contribution in [1.82, 2.24) is 10.3 Å². The summed E-state index contributed by atoms with van der Waals surface area (Å²) in [4.78, 5) is 4.37. The molecule has 0 aliphatic heterocycles. The molecule has 0 amide bonds. The lowest BCUT2D eigenvalue weighted by Crippen LogP contribution is -2.31. The number of ether oxygens (including phenoxy) is 1. The molecular formula is C17H24N2O. The summed E-state index contributed by atoms with van der Waals surface area (Å²) in [7, 11) is 0. The van der Waals surface area contributed by atoms with E-state index in [1.165, 1.54) is 0 Å². The average molecular weight is 272 g/mol. The molecule has 0 saturated heterocycles. The number of benzene rings is 1. The second-order valence-electron chi connectivity index (χ2n) is 5.09. The van der Waals surface area contributed by atoms with Crippen LogP contribution in [0.25, 0.3) is 10.9 Å². The Hall–Kier alpha value is -1.61. The van der Waals surface area contributed by atoms with Gasteiger partial charge >= 0.3 is 0 Å². The van der Waals surface area contributed by atoms with Gasteiger partial charge in [-0.3, -0.25) is 4.98 Å². The van der Waals surface area contributed by atoms with Gasteiger partial charge < -0.3 is 10.1 Å². The average Bonchev–Trinajstić information content (AvgIpc) is 2.47. The van der Waals surface area contributed by atoms with Crippen LogP contribution in [0.5, 0.6) is 5.75 Å². The third-order valence-corrected chi connectivity index (χ3v) is 3.29. The number of nitrogens with zero attached hydrogens (tertiary/aromatic N) is 1. The molecule has 1 heterocycles. The predicted octanol–water partition coefficient (Wildman–Crippen LogP) is 3.78. The SMILES string of the molecule is CCCNCC(CCC)Oc1ccc2cccnc2c1. The highest BCUT2D eigenvalue weighted by Crippen LogP contribution is 2.20. The summed E-state index contributed by atoms with van der Waals surface area (Å²) in [5, 5.41) is 4.59. The lowest BCUT2D eigenvalue weighted by Gasteiger charge is -2.19. The summed E-state index contributed by atoms with van der Waals surface area (Å²) in [6, 6.07) is 10.2. The van der Waals surface area contributed by atoms with Gasteiger partial charge in [0.1, 0.15) is 11.9 Å². The maximum atomic E-state index is 6.11. The second-order valence-corrected chi connectivity index (χ2v) is 5.09. The number of hydrogen-bond donors (Lipinski definition) is 1. The Kier molecular flexibility index (Phi) is 5.81. The Balaban J connectivity index is 2.03. The van der Waals surface area contributed by atoms with Crippen molar-refractivity contribution in [2.24, 2.45) is 0 Å². The fourth-order valence-electron chi connectivity index (χ4n) is 2.28. The van der Waals surface area contributed by atoms with Gasteiger partial charge in [-0.05, 0) is 37.6 Å². The van der Waals surface area contributed by atoms with Gasteiger partial charge in [-0.1, -0.05) is 26.3 Å². The van der Waals surface area contributed by atoms with Crippen molar-refractivity contribution in [3.05, 3.63) is 36.5 Å². The number of pyridine rings is 1. The van der Waals surface area contributed by atoms with Crippen molar-refractivity contribution in [2.45, 2.75) is 39.2 Å². The van der Waals surface area contributed by atoms with E-state index in [1.54, 1.807) is 0 Å². The predicted molar refractivity (Wildman–Crippen MR) is 84.2 cm³/mol. The molecule has 1 atom stereocenters. The van der Waals surface area contributed by atoms with Crippen LogP contribution in [0, 0.1) is 0 Å². The molecule has 0 spiro atoms. The van der Waals surface area contributed by atoms with E-state index >= 15 is 0 Å². The van der Waals surface area contributed by atoms with Crippen LogP contribution in [0.15, 0.2) is 36.5 Å². The molecule has 1 aromatic carbocycles. The minimum atomic E-state index is 0.229. The van der Waals surface area contributed by atoms with Crippen LogP contribution in [-0.4, -0.2) is 24.2 Å². The maximum Gasteiger partial charge on any atom is 0.121 e. The van der Waals surface area contributed by atoms with Gasteiger partial charge in [-0.15, -0.1) is 0 Å². The highest BCUT2D eigenvalue weighted by Gasteiger charge is 2.09. The van der Waals surface area contributed by atoms with Gasteiger partial charge in [0.15, 0.2) is 0 Å². The number of nitrogens with one attached hydrogen (secondary N) is 1. The Morgan fingerprint density at radius 1 is 1.20 bits per heavy atom. The molecule has 0 aliphatic carbocycles. The van der Waals surface area contributed by atoms with E-state index in [-0.39, 0.29) is 6.10 Å². The van der Waals surface area contributed by atoms with Crippen molar-refractivity contribution >= 4 is 10.9 Å². The van der Waals surface area contributed by atoms with Crippen molar-refractivity contribution in [1.29, 1.82) is 0 Å². The van der Waals surface area contributed by atoms with Crippen LogP contribution >= 0.6 is 0 Å². The van der Waals surface area contributed by atoms with Crippen molar-refractivity contribution < 1.29 is 4.74 Å². The smallest absolute Gasteiger partial charge is 0.121 e. The molecule has 1 aromatic heterocycles. The van der Waals surface area contributed by atoms with Crippen LogP contribution < -0.4 is 10.1 Å². The lowest BCUT2D eigenvalue weighted by molar-refractivity contribution is 0.187. The Morgan fingerprint density at radius 2 is 2.10 bits per heavy atom. The number of hydrogen-bond acceptors (Lipinski definition) is 3. The van der Waals surface area contributed by atoms with Crippen molar-refractivity contribution in [2.75, 3.05) is 13.1 Å². The topological polar surface area (TPSA) is 34.1 Å². The maximum absolute atomic E-state index is 6.11. The van der Waals surface area contributed by atoms with E-state index in [1.807, 2.05) is 24.4 Å². The minimum Gasteiger partial charge on any atom is -0.489 e. The lowest BCUT2D eigenvalue weighted by atomic mass is 10.2. The molecule has 1 N–H and O–H groups in total. The first-order valence-corrected chi connectivity index (χ1v) is 7.55. The summed E-state index contributed by atoms with van der Waals surface area (Å²) in [6.07, 6.45) is 5.39. The normalized spacial score (nSPS) is 12.5. The van der Waals surface area contributed by atoms with Gasteiger partial charge in [-0.2, -0.15) is 0 Å². The summed E-state index contributed by atoms with van der Waals surface area (Å²) in [6.45, 7) is 6.32. The number of aromatic nitrogens is 1. The van der Waals surface area contributed by atoms with Gasteiger partial charge in [0, 0.05) is 24.2 Å². The highest BCUT2D eigenvalue weighted by molar-refractivity contribution is 5.79. The van der Waals surface area contributed by atoms with Crippen molar-refractivity contribution in [3.8, 4) is 5.75 Å². The first-order valence-electron chi connectivity index (χ1n) is 7.55. The summed E-state index contributed by atoms with van der Waals surface area (Å²) >= 11 is 0. The van der Waals surface area contributed by atoms with Gasteiger partial charge in [-0.25, -0.2) is 0 Å². The van der Waals surface area contributed by atoms with Crippen LogP contribution in [-0.2, 0) is 0 Å². The summed E-state index contributed by atoms with van der Waals surface area (Å²) < 4.78 is 6.11. The van der Waals surface area contributed by atoms with Crippen LogP contribution in [0.1, 0.15) is 33.1 Å². The van der Waals surface area contributed by atoms with Crippen LogP contribution in [0.4, 0.5) is 0 Å². The van der Waals surface area contributed by atoms with E-state index in [0.717, 1.165) is 49.0 Å². The van der Waals surface area contributed by atoms with E-state index in [0.29, 0.717) is 0 Å². The molecule has 0 fully saturated rings. The first-order chi connectivity index (χ1) is 9.83. The molecule has 0 saturated carbocycles. The van der Waals surface area contributed by atoms with E-state index in [2.05, 4.69) is 36.3 Å². The van der Waals surface area contributed by atoms with Gasteiger partial charge in [0.2, 0.25) is 0 Å². The summed E-state index contributed by atoms with van der Waals surface area (Å²) in [5.41, 5.74) is 0.988. The third kappa shape index (κ3) is 4.20. The second kappa shape index (κ2) is 7.85. The molecule has 2 rings (SSSR count). The monoisotopic (exact) mass is 272 g/mol. The Bertz CT molecular complexity index is 527. The molecule has 2 aromatic rings. The molecule has 0 aliphatic rings. The highest BCUT2D eigenvalue weighted by atomic mass is 16.5. The minimum absolute atomic E-state index is 0.229. The Morgan fingerprint density at radius 3 is 2.90 bits per heavy atom. The van der Waals surface area contributed by atoms with Crippen LogP contribution in [0.2, 0.25) is 0 Å². The molecule has 1 unspecified atom stereocenters. The molecule has 0 bridgehead atoms. The zero-order chi connectivity index (χ0) is 14.2. The van der Waals surface area contributed by atoms with Crippen molar-refractivity contribution in [3.63, 3.8) is 0 Å². The van der Waals surface area contributed by atoms with Gasteiger partial charge in [0.25, 0.3) is 0 Å². The van der Waals surface area contributed by atoms with Gasteiger partial charge in [0.05, 0.1) is 5.52 Å². The van der Waals surface area contributed by atoms with Crippen LogP contribution in [0.3, 0.4) is 0 Å². The molecule has 3 nitrogen and oxygen atoms in total. The first kappa shape index (κ1) is 14.8. The molecule has 3 heteroatoms. The summed E-state index contributed by atoms with van der Waals surface area (Å²) in [5.74, 6) is 0.910. The van der Waals surface area contributed by atoms with E-state index in [4.69, 9.17) is 4.74 Å². The van der Waals surface area contributed by atoms with E-state index < -0.39 is 0 Å². The Labute approximate surface area is 121 Å². The largest absolute Gasteiger partial charge is 0.489 e. The number of rotatable bonds is 8. The molecular weight excluding hydrogens is 248 g/mol. The fourth-order valence-corrected chi connectivity index (χ4v) is 2.28. The third-order valence-electron chi connectivity index (χ3n) is 3.29.